The van der Waals surface area contributed by atoms with E-state index in [1.807, 2.05) is 37.3 Å². The number of hydrogen-bond acceptors (Lipinski definition) is 7. The Hall–Kier alpha value is -3.13. The highest BCUT2D eigenvalue weighted by Gasteiger charge is 2.28. The van der Waals surface area contributed by atoms with Gasteiger partial charge in [-0.1, -0.05) is 36.0 Å². The third-order valence-corrected chi connectivity index (χ3v) is 5.29. The van der Waals surface area contributed by atoms with Gasteiger partial charge in [-0.15, -0.1) is 0 Å². The number of carbonyl (C=O) groups excluding carboxylic acids is 1. The number of carbonyl (C=O) groups is 1. The van der Waals surface area contributed by atoms with Crippen LogP contribution in [0.2, 0.25) is 0 Å². The summed E-state index contributed by atoms with van der Waals surface area (Å²) in [5.41, 5.74) is 8.15. The number of hydrogen-bond donors (Lipinski definition) is 1. The minimum absolute atomic E-state index is 0.256. The van der Waals surface area contributed by atoms with Crippen LogP contribution in [0.25, 0.3) is 11.5 Å². The summed E-state index contributed by atoms with van der Waals surface area (Å²) in [6.07, 6.45) is 2.22. The van der Waals surface area contributed by atoms with Crippen LogP contribution in [0.5, 0.6) is 5.88 Å². The molecule has 1 aliphatic rings. The fourth-order valence-electron chi connectivity index (χ4n) is 2.82. The lowest BCUT2D eigenvalue weighted by Crippen LogP contribution is -2.06. The number of amidine groups is 1. The van der Waals surface area contributed by atoms with Crippen molar-refractivity contribution < 1.29 is 13.9 Å². The molecule has 28 heavy (non-hydrogen) atoms. The Balaban J connectivity index is 1.34. The van der Waals surface area contributed by atoms with Crippen LogP contribution in [0.3, 0.4) is 0 Å². The molecule has 1 atom stereocenters. The summed E-state index contributed by atoms with van der Waals surface area (Å²) in [6, 6.07) is 13.3. The van der Waals surface area contributed by atoms with Crippen LogP contribution in [0.4, 0.5) is 0 Å². The van der Waals surface area contributed by atoms with Gasteiger partial charge in [-0.25, -0.2) is 9.97 Å². The van der Waals surface area contributed by atoms with Gasteiger partial charge in [0.15, 0.2) is 5.17 Å². The number of benzene rings is 1. The number of amides is 1. The number of aliphatic imine (C=N–C) groups is 1. The van der Waals surface area contributed by atoms with E-state index >= 15 is 0 Å². The minimum atomic E-state index is -0.421. The maximum absolute atomic E-state index is 11.8. The van der Waals surface area contributed by atoms with Crippen molar-refractivity contribution in [3.8, 4) is 17.3 Å². The Bertz CT molecular complexity index is 1020. The number of nitrogens with zero attached hydrogens (tertiary/aromatic N) is 3. The zero-order valence-corrected chi connectivity index (χ0v) is 16.0. The normalized spacial score (nSPS) is 16.2. The van der Waals surface area contributed by atoms with Crippen LogP contribution in [-0.4, -0.2) is 27.6 Å². The second-order valence-corrected chi connectivity index (χ2v) is 7.33. The predicted molar refractivity (Wildman–Crippen MR) is 107 cm³/mol. The van der Waals surface area contributed by atoms with Gasteiger partial charge in [-0.05, 0) is 24.6 Å². The van der Waals surface area contributed by atoms with Crippen LogP contribution < -0.4 is 10.5 Å². The largest absolute Gasteiger partial charge is 0.477 e. The standard InChI is InChI=1S/C20H18N4O3S/c1-12-15(23-19(27-12)13-5-3-2-4-6-13)9-10-26-16-8-7-14(11-22-16)17-18(25)24-20(21)28-17/h2-8,11,17H,9-10H2,1H3,(H2,21,24,25). The highest BCUT2D eigenvalue weighted by atomic mass is 32.2. The Labute approximate surface area is 166 Å². The molecule has 142 valence electrons. The minimum Gasteiger partial charge on any atom is -0.477 e. The molecular formula is C20H18N4O3S. The summed E-state index contributed by atoms with van der Waals surface area (Å²) in [7, 11) is 0. The van der Waals surface area contributed by atoms with Crippen LogP contribution in [0, 0.1) is 6.92 Å². The molecule has 0 radical (unpaired) electrons. The van der Waals surface area contributed by atoms with Crippen molar-refractivity contribution in [2.45, 2.75) is 18.6 Å². The lowest BCUT2D eigenvalue weighted by atomic mass is 10.2. The summed E-state index contributed by atoms with van der Waals surface area (Å²) in [6.45, 7) is 2.31. The molecule has 3 heterocycles. The summed E-state index contributed by atoms with van der Waals surface area (Å²) in [5.74, 6) is 1.61. The predicted octanol–water partition coefficient (Wildman–Crippen LogP) is 3.30. The molecule has 1 unspecified atom stereocenters. The molecule has 2 N–H and O–H groups in total. The number of nitrogens with two attached hydrogens (primary N) is 1. The van der Waals surface area contributed by atoms with Gasteiger partial charge < -0.3 is 14.9 Å². The molecular weight excluding hydrogens is 376 g/mol. The third-order valence-electron chi connectivity index (χ3n) is 4.25. The molecule has 3 aromatic rings. The Morgan fingerprint density at radius 1 is 1.21 bits per heavy atom. The maximum Gasteiger partial charge on any atom is 0.266 e. The lowest BCUT2D eigenvalue weighted by Gasteiger charge is -2.08. The van der Waals surface area contributed by atoms with Crippen molar-refractivity contribution in [3.63, 3.8) is 0 Å². The van der Waals surface area contributed by atoms with Gasteiger partial charge in [0, 0.05) is 24.2 Å². The van der Waals surface area contributed by atoms with Gasteiger partial charge in [0.2, 0.25) is 11.8 Å². The van der Waals surface area contributed by atoms with Crippen molar-refractivity contribution in [1.29, 1.82) is 0 Å². The van der Waals surface area contributed by atoms with E-state index in [1.54, 1.807) is 18.3 Å². The second kappa shape index (κ2) is 7.85. The van der Waals surface area contributed by atoms with Gasteiger partial charge in [0.1, 0.15) is 11.0 Å². The van der Waals surface area contributed by atoms with Crippen molar-refractivity contribution in [2.75, 3.05) is 6.61 Å². The molecule has 0 saturated carbocycles. The zero-order valence-electron chi connectivity index (χ0n) is 15.2. The molecule has 0 saturated heterocycles. The van der Waals surface area contributed by atoms with E-state index in [9.17, 15) is 4.79 Å². The van der Waals surface area contributed by atoms with Gasteiger partial charge >= 0.3 is 0 Å². The number of pyridine rings is 1. The van der Waals surface area contributed by atoms with Crippen LogP contribution >= 0.6 is 11.8 Å². The van der Waals surface area contributed by atoms with E-state index in [-0.39, 0.29) is 11.1 Å². The quantitative estimate of drug-likeness (QED) is 0.684. The molecule has 0 aliphatic carbocycles. The van der Waals surface area contributed by atoms with Gasteiger partial charge in [0.25, 0.3) is 5.91 Å². The highest BCUT2D eigenvalue weighted by molar-refractivity contribution is 8.15. The molecule has 7 nitrogen and oxygen atoms in total. The van der Waals surface area contributed by atoms with Gasteiger partial charge in [-0.2, -0.15) is 4.99 Å². The topological polar surface area (TPSA) is 104 Å². The first-order valence-corrected chi connectivity index (χ1v) is 9.63. The number of aromatic nitrogens is 2. The molecule has 1 aliphatic heterocycles. The number of rotatable bonds is 6. The van der Waals surface area contributed by atoms with Gasteiger partial charge in [-0.3, -0.25) is 4.79 Å². The van der Waals surface area contributed by atoms with Crippen LogP contribution in [0.1, 0.15) is 22.3 Å². The molecule has 0 bridgehead atoms. The molecule has 0 fully saturated rings. The van der Waals surface area contributed by atoms with Gasteiger partial charge in [0.05, 0.1) is 12.3 Å². The van der Waals surface area contributed by atoms with E-state index in [4.69, 9.17) is 14.9 Å². The Morgan fingerprint density at radius 3 is 2.71 bits per heavy atom. The molecule has 1 aromatic carbocycles. The monoisotopic (exact) mass is 394 g/mol. The van der Waals surface area contributed by atoms with Crippen LogP contribution in [0.15, 0.2) is 58.1 Å². The van der Waals surface area contributed by atoms with E-state index in [1.165, 1.54) is 11.8 Å². The molecule has 4 rings (SSSR count). The van der Waals surface area contributed by atoms with E-state index < -0.39 is 5.25 Å². The fraction of sp³-hybridized carbons (Fsp3) is 0.200. The van der Waals surface area contributed by atoms with Crippen LogP contribution in [-0.2, 0) is 11.2 Å². The summed E-state index contributed by atoms with van der Waals surface area (Å²) in [4.78, 5) is 24.3. The van der Waals surface area contributed by atoms with Crippen molar-refractivity contribution in [2.24, 2.45) is 10.7 Å². The summed E-state index contributed by atoms with van der Waals surface area (Å²) >= 11 is 1.23. The third kappa shape index (κ3) is 3.91. The van der Waals surface area contributed by atoms with E-state index in [0.717, 1.165) is 22.6 Å². The van der Waals surface area contributed by atoms with E-state index in [2.05, 4.69) is 15.0 Å². The number of oxazole rings is 1. The maximum atomic E-state index is 11.8. The molecule has 0 spiro atoms. The number of ether oxygens (including phenoxy) is 1. The van der Waals surface area contributed by atoms with Crippen molar-refractivity contribution >= 4 is 22.8 Å². The van der Waals surface area contributed by atoms with Crippen molar-refractivity contribution in [3.05, 3.63) is 65.7 Å². The Morgan fingerprint density at radius 2 is 2.04 bits per heavy atom. The highest BCUT2D eigenvalue weighted by Crippen LogP contribution is 2.34. The number of aryl methyl sites for hydroxylation is 1. The zero-order chi connectivity index (χ0) is 19.5. The average molecular weight is 394 g/mol. The Kier molecular flexibility index (Phi) is 5.12. The fourth-order valence-corrected chi connectivity index (χ4v) is 3.64. The first-order valence-electron chi connectivity index (χ1n) is 8.75. The summed E-state index contributed by atoms with van der Waals surface area (Å²) < 4.78 is 11.5. The van der Waals surface area contributed by atoms with E-state index in [0.29, 0.717) is 24.8 Å². The first kappa shape index (κ1) is 18.2. The van der Waals surface area contributed by atoms with Crippen molar-refractivity contribution in [1.82, 2.24) is 9.97 Å². The first-order chi connectivity index (χ1) is 13.6. The second-order valence-electron chi connectivity index (χ2n) is 6.20. The lowest BCUT2D eigenvalue weighted by molar-refractivity contribution is -0.117. The SMILES string of the molecule is Cc1oc(-c2ccccc2)nc1CCOc1ccc(C2SC(N)=NC2=O)cn1. The molecule has 1 amide bonds. The molecule has 2 aromatic heterocycles. The summed E-state index contributed by atoms with van der Waals surface area (Å²) in [5, 5.41) is -0.135. The smallest absolute Gasteiger partial charge is 0.266 e. The molecule has 8 heteroatoms. The number of thioether (sulfide) groups is 1. The average Bonchev–Trinajstić information content (AvgIpc) is 3.24.